The lowest BCUT2D eigenvalue weighted by Crippen LogP contribution is -3.12. The van der Waals surface area contributed by atoms with Gasteiger partial charge in [0.25, 0.3) is 0 Å². The van der Waals surface area contributed by atoms with Gasteiger partial charge in [-0.1, -0.05) is 24.6 Å². The fourth-order valence-electron chi connectivity index (χ4n) is 3.25. The van der Waals surface area contributed by atoms with Crippen LogP contribution >= 0.6 is 11.6 Å². The van der Waals surface area contributed by atoms with Gasteiger partial charge < -0.3 is 9.88 Å². The van der Waals surface area contributed by atoms with Gasteiger partial charge in [-0.05, 0) is 37.8 Å². The number of fused-ring (bicyclic) bond motifs is 1. The Kier molecular flexibility index (Phi) is 4.05. The van der Waals surface area contributed by atoms with Crippen molar-refractivity contribution >= 4 is 22.5 Å². The highest BCUT2D eigenvalue weighted by atomic mass is 35.5. The molecule has 0 saturated carbocycles. The molecule has 0 aliphatic carbocycles. The SMILES string of the molecule is Cc1[nH]c2c(Cl)cccc2c(=O)c1C[NH+]1CCC(C)CC1. The van der Waals surface area contributed by atoms with Crippen molar-refractivity contribution in [3.05, 3.63) is 44.7 Å². The number of likely N-dealkylation sites (tertiary alicyclic amines) is 1. The van der Waals surface area contributed by atoms with Gasteiger partial charge in [-0.3, -0.25) is 4.79 Å². The van der Waals surface area contributed by atoms with Crippen LogP contribution in [0.5, 0.6) is 0 Å². The number of aromatic amines is 1. The Morgan fingerprint density at radius 3 is 2.76 bits per heavy atom. The van der Waals surface area contributed by atoms with Gasteiger partial charge in [0.15, 0.2) is 5.43 Å². The van der Waals surface area contributed by atoms with E-state index in [1.807, 2.05) is 25.1 Å². The normalized spacial score (nSPS) is 22.6. The lowest BCUT2D eigenvalue weighted by Gasteiger charge is -2.27. The van der Waals surface area contributed by atoms with Crippen LogP contribution in [-0.4, -0.2) is 18.1 Å². The number of H-pyrrole nitrogens is 1. The maximum atomic E-state index is 12.7. The fraction of sp³-hybridized carbons (Fsp3) is 0.471. The molecule has 1 fully saturated rings. The number of rotatable bonds is 2. The molecule has 0 radical (unpaired) electrons. The molecule has 21 heavy (non-hydrogen) atoms. The van der Waals surface area contributed by atoms with Crippen LogP contribution in [0.4, 0.5) is 0 Å². The van der Waals surface area contributed by atoms with Crippen LogP contribution in [0.3, 0.4) is 0 Å². The van der Waals surface area contributed by atoms with Crippen molar-refractivity contribution in [2.45, 2.75) is 33.2 Å². The Labute approximate surface area is 129 Å². The Morgan fingerprint density at radius 1 is 1.33 bits per heavy atom. The summed E-state index contributed by atoms with van der Waals surface area (Å²) in [7, 11) is 0. The van der Waals surface area contributed by atoms with Gasteiger partial charge in [-0.25, -0.2) is 0 Å². The highest BCUT2D eigenvalue weighted by Crippen LogP contribution is 2.20. The molecule has 3 rings (SSSR count). The van der Waals surface area contributed by atoms with Crippen LogP contribution in [0.1, 0.15) is 31.0 Å². The molecule has 112 valence electrons. The third-order valence-electron chi connectivity index (χ3n) is 4.71. The Balaban J connectivity index is 1.97. The van der Waals surface area contributed by atoms with Crippen molar-refractivity contribution in [3.63, 3.8) is 0 Å². The first-order valence-electron chi connectivity index (χ1n) is 7.70. The second-order valence-corrected chi connectivity index (χ2v) is 6.74. The van der Waals surface area contributed by atoms with E-state index in [2.05, 4.69) is 11.9 Å². The molecule has 0 spiro atoms. The molecule has 1 saturated heterocycles. The summed E-state index contributed by atoms with van der Waals surface area (Å²) in [6.45, 7) is 7.43. The van der Waals surface area contributed by atoms with Crippen molar-refractivity contribution in [1.82, 2.24) is 4.98 Å². The summed E-state index contributed by atoms with van der Waals surface area (Å²) in [6.07, 6.45) is 2.51. The third-order valence-corrected chi connectivity index (χ3v) is 5.02. The number of para-hydroxylation sites is 1. The minimum atomic E-state index is 0.134. The summed E-state index contributed by atoms with van der Waals surface area (Å²) >= 11 is 6.19. The number of halogens is 1. The van der Waals surface area contributed by atoms with Crippen molar-refractivity contribution in [1.29, 1.82) is 0 Å². The summed E-state index contributed by atoms with van der Waals surface area (Å²) in [5.41, 5.74) is 2.75. The van der Waals surface area contributed by atoms with Crippen molar-refractivity contribution in [2.24, 2.45) is 5.92 Å². The average molecular weight is 306 g/mol. The third kappa shape index (κ3) is 2.85. The zero-order chi connectivity index (χ0) is 15.0. The molecular weight excluding hydrogens is 284 g/mol. The highest BCUT2D eigenvalue weighted by molar-refractivity contribution is 6.35. The predicted molar refractivity (Wildman–Crippen MR) is 87.1 cm³/mol. The van der Waals surface area contributed by atoms with E-state index >= 15 is 0 Å². The lowest BCUT2D eigenvalue weighted by molar-refractivity contribution is -0.919. The van der Waals surface area contributed by atoms with Gasteiger partial charge in [0, 0.05) is 11.1 Å². The summed E-state index contributed by atoms with van der Waals surface area (Å²) in [5, 5.41) is 1.31. The number of piperidine rings is 1. The molecule has 1 aliphatic rings. The highest BCUT2D eigenvalue weighted by Gasteiger charge is 2.21. The van der Waals surface area contributed by atoms with Gasteiger partial charge in [-0.15, -0.1) is 0 Å². The Morgan fingerprint density at radius 2 is 2.05 bits per heavy atom. The number of aryl methyl sites for hydroxylation is 1. The largest absolute Gasteiger partial charge is 0.357 e. The molecule has 0 bridgehead atoms. The monoisotopic (exact) mass is 305 g/mol. The van der Waals surface area contributed by atoms with Crippen LogP contribution in [-0.2, 0) is 6.54 Å². The Bertz CT molecular complexity index is 715. The topological polar surface area (TPSA) is 37.3 Å². The van der Waals surface area contributed by atoms with E-state index in [-0.39, 0.29) is 5.43 Å². The molecule has 0 atom stereocenters. The molecule has 0 unspecified atom stereocenters. The zero-order valence-corrected chi connectivity index (χ0v) is 13.4. The zero-order valence-electron chi connectivity index (χ0n) is 12.6. The number of aromatic nitrogens is 1. The molecule has 2 aromatic rings. The molecule has 1 aromatic heterocycles. The van der Waals surface area contributed by atoms with E-state index in [9.17, 15) is 4.79 Å². The number of pyridine rings is 1. The number of hydrogen-bond acceptors (Lipinski definition) is 1. The summed E-state index contributed by atoms with van der Waals surface area (Å²) in [4.78, 5) is 17.6. The van der Waals surface area contributed by atoms with E-state index < -0.39 is 0 Å². The summed E-state index contributed by atoms with van der Waals surface area (Å²) in [6, 6.07) is 5.52. The van der Waals surface area contributed by atoms with Crippen LogP contribution in [0.15, 0.2) is 23.0 Å². The van der Waals surface area contributed by atoms with Crippen molar-refractivity contribution in [2.75, 3.05) is 13.1 Å². The second-order valence-electron chi connectivity index (χ2n) is 6.33. The standard InChI is InChI=1S/C17H21ClN2O/c1-11-6-8-20(9-7-11)10-14-12(2)19-16-13(17(14)21)4-3-5-15(16)18/h3-5,11H,6-10H2,1-2H3,(H,19,21)/p+1. The molecule has 4 heteroatoms. The van der Waals surface area contributed by atoms with E-state index in [1.165, 1.54) is 17.7 Å². The molecule has 1 aliphatic heterocycles. The fourth-order valence-corrected chi connectivity index (χ4v) is 3.47. The molecule has 3 nitrogen and oxygen atoms in total. The maximum Gasteiger partial charge on any atom is 0.198 e. The maximum absolute atomic E-state index is 12.7. The van der Waals surface area contributed by atoms with Crippen LogP contribution in [0.25, 0.3) is 10.9 Å². The van der Waals surface area contributed by atoms with Gasteiger partial charge >= 0.3 is 0 Å². The molecule has 2 heterocycles. The van der Waals surface area contributed by atoms with E-state index in [0.717, 1.165) is 42.3 Å². The first-order valence-corrected chi connectivity index (χ1v) is 8.07. The van der Waals surface area contributed by atoms with Crippen LogP contribution in [0, 0.1) is 12.8 Å². The van der Waals surface area contributed by atoms with Crippen molar-refractivity contribution < 1.29 is 4.90 Å². The summed E-state index contributed by atoms with van der Waals surface area (Å²) in [5.74, 6) is 0.823. The van der Waals surface area contributed by atoms with E-state index in [4.69, 9.17) is 11.6 Å². The van der Waals surface area contributed by atoms with Crippen molar-refractivity contribution in [3.8, 4) is 0 Å². The van der Waals surface area contributed by atoms with E-state index in [1.54, 1.807) is 0 Å². The molecule has 0 amide bonds. The summed E-state index contributed by atoms with van der Waals surface area (Å²) < 4.78 is 0. The lowest BCUT2D eigenvalue weighted by atomic mass is 9.98. The smallest absolute Gasteiger partial charge is 0.198 e. The van der Waals surface area contributed by atoms with Crippen LogP contribution in [0.2, 0.25) is 5.02 Å². The number of benzene rings is 1. The van der Waals surface area contributed by atoms with E-state index in [0.29, 0.717) is 10.4 Å². The molecule has 1 aromatic carbocycles. The first kappa shape index (κ1) is 14.6. The van der Waals surface area contributed by atoms with Gasteiger partial charge in [-0.2, -0.15) is 0 Å². The number of quaternary nitrogens is 1. The quantitative estimate of drug-likeness (QED) is 0.878. The number of hydrogen-bond donors (Lipinski definition) is 2. The molecule has 2 N–H and O–H groups in total. The minimum Gasteiger partial charge on any atom is -0.357 e. The van der Waals surface area contributed by atoms with Crippen LogP contribution < -0.4 is 10.3 Å². The Hall–Kier alpha value is -1.32. The van der Waals surface area contributed by atoms with Gasteiger partial charge in [0.05, 0.1) is 29.2 Å². The predicted octanol–water partition coefficient (Wildman–Crippen LogP) is 2.30. The minimum absolute atomic E-state index is 0.134. The molecular formula is C17H22ClN2O+. The van der Waals surface area contributed by atoms with Gasteiger partial charge in [0.2, 0.25) is 0 Å². The number of nitrogens with one attached hydrogen (secondary N) is 2. The van der Waals surface area contributed by atoms with Gasteiger partial charge in [0.1, 0.15) is 6.54 Å². The average Bonchev–Trinajstić information content (AvgIpc) is 2.47. The second kappa shape index (κ2) is 5.82. The first-order chi connectivity index (χ1) is 10.1.